The van der Waals surface area contributed by atoms with Gasteiger partial charge in [-0.3, -0.25) is 4.79 Å². The number of carbonyl (C=O) groups is 1. The van der Waals surface area contributed by atoms with Crippen LogP contribution in [-0.4, -0.2) is 22.2 Å². The lowest BCUT2D eigenvalue weighted by Crippen LogP contribution is -2.16. The molecule has 1 heterocycles. The summed E-state index contributed by atoms with van der Waals surface area (Å²) in [5, 5.41) is 4.07. The van der Waals surface area contributed by atoms with E-state index in [4.69, 9.17) is 5.73 Å². The number of hydrogen-bond acceptors (Lipinski definition) is 3. The Morgan fingerprint density at radius 1 is 1.85 bits per heavy atom. The molecule has 13 heavy (non-hydrogen) atoms. The Labute approximate surface area is 76.7 Å². The largest absolute Gasteiger partial charge is 0.330 e. The molecule has 0 unspecified atom stereocenters. The van der Waals surface area contributed by atoms with E-state index < -0.39 is 0 Å². The van der Waals surface area contributed by atoms with Crippen molar-refractivity contribution >= 4 is 5.91 Å². The van der Waals surface area contributed by atoms with Crippen LogP contribution in [0, 0.1) is 18.8 Å². The van der Waals surface area contributed by atoms with E-state index in [2.05, 4.69) is 5.10 Å². The third-order valence-corrected chi connectivity index (χ3v) is 2.49. The standard InChI is InChI=1S/C9H13N3O/c1-6-2-3-12(11-6)9(13)8-4-7(8)5-10/h2-3,7-8H,4-5,10H2,1H3/t7-,8-/m1/s1. The van der Waals surface area contributed by atoms with Crippen molar-refractivity contribution in [3.8, 4) is 0 Å². The fourth-order valence-corrected chi connectivity index (χ4v) is 1.52. The van der Waals surface area contributed by atoms with E-state index in [0.717, 1.165) is 12.1 Å². The molecular formula is C9H13N3O. The number of rotatable bonds is 2. The van der Waals surface area contributed by atoms with E-state index in [-0.39, 0.29) is 11.8 Å². The van der Waals surface area contributed by atoms with Gasteiger partial charge in [-0.25, -0.2) is 4.68 Å². The van der Waals surface area contributed by atoms with Gasteiger partial charge in [0.25, 0.3) is 0 Å². The van der Waals surface area contributed by atoms with Gasteiger partial charge in [0.1, 0.15) is 0 Å². The SMILES string of the molecule is Cc1ccn(C(=O)[C@@H]2C[C@@H]2CN)n1. The first kappa shape index (κ1) is 8.44. The van der Waals surface area contributed by atoms with Crippen LogP contribution in [0.2, 0.25) is 0 Å². The van der Waals surface area contributed by atoms with Crippen LogP contribution >= 0.6 is 0 Å². The lowest BCUT2D eigenvalue weighted by Gasteiger charge is -1.97. The molecule has 1 fully saturated rings. The molecule has 0 amide bonds. The maximum atomic E-state index is 11.6. The Morgan fingerprint density at radius 2 is 2.62 bits per heavy atom. The van der Waals surface area contributed by atoms with Crippen LogP contribution < -0.4 is 5.73 Å². The summed E-state index contributed by atoms with van der Waals surface area (Å²) in [4.78, 5) is 11.6. The molecule has 1 aliphatic carbocycles. The summed E-state index contributed by atoms with van der Waals surface area (Å²) in [6.07, 6.45) is 2.64. The van der Waals surface area contributed by atoms with Gasteiger partial charge >= 0.3 is 0 Å². The quantitative estimate of drug-likeness (QED) is 0.716. The average Bonchev–Trinajstić information content (AvgIpc) is 2.80. The predicted octanol–water partition coefficient (Wildman–Crippen LogP) is 0.427. The number of carbonyl (C=O) groups excluding carboxylic acids is 1. The lowest BCUT2D eigenvalue weighted by atomic mass is 10.3. The first-order chi connectivity index (χ1) is 6.22. The molecule has 2 rings (SSSR count). The highest BCUT2D eigenvalue weighted by Gasteiger charge is 2.42. The van der Waals surface area contributed by atoms with Crippen molar-refractivity contribution in [2.45, 2.75) is 13.3 Å². The molecule has 0 spiro atoms. The Balaban J connectivity index is 2.07. The molecule has 0 aliphatic heterocycles. The summed E-state index contributed by atoms with van der Waals surface area (Å²) in [6, 6.07) is 1.83. The van der Waals surface area contributed by atoms with Gasteiger partial charge < -0.3 is 5.73 Å². The van der Waals surface area contributed by atoms with E-state index in [9.17, 15) is 4.79 Å². The van der Waals surface area contributed by atoms with Gasteiger partial charge in [0.05, 0.1) is 5.69 Å². The van der Waals surface area contributed by atoms with Crippen LogP contribution in [0.1, 0.15) is 16.9 Å². The van der Waals surface area contributed by atoms with Crippen molar-refractivity contribution < 1.29 is 4.79 Å². The van der Waals surface area contributed by atoms with Crippen LogP contribution in [0.15, 0.2) is 12.3 Å². The van der Waals surface area contributed by atoms with E-state index in [0.29, 0.717) is 12.5 Å². The monoisotopic (exact) mass is 179 g/mol. The number of nitrogens with two attached hydrogens (primary N) is 1. The molecule has 4 nitrogen and oxygen atoms in total. The van der Waals surface area contributed by atoms with Gasteiger partial charge in [-0.1, -0.05) is 0 Å². The van der Waals surface area contributed by atoms with E-state index in [1.54, 1.807) is 6.20 Å². The molecule has 0 radical (unpaired) electrons. The van der Waals surface area contributed by atoms with Gasteiger partial charge in [0.2, 0.25) is 5.91 Å². The second kappa shape index (κ2) is 2.96. The number of nitrogens with zero attached hydrogens (tertiary/aromatic N) is 2. The zero-order valence-electron chi connectivity index (χ0n) is 7.60. The molecule has 1 saturated carbocycles. The predicted molar refractivity (Wildman–Crippen MR) is 48.2 cm³/mol. The summed E-state index contributed by atoms with van der Waals surface area (Å²) in [6.45, 7) is 2.48. The Hall–Kier alpha value is -1.16. The summed E-state index contributed by atoms with van der Waals surface area (Å²) < 4.78 is 1.43. The smallest absolute Gasteiger partial charge is 0.250 e. The third kappa shape index (κ3) is 1.49. The molecule has 2 N–H and O–H groups in total. The summed E-state index contributed by atoms with van der Waals surface area (Å²) in [5.41, 5.74) is 6.34. The van der Waals surface area contributed by atoms with Crippen LogP contribution in [0.4, 0.5) is 0 Å². The molecule has 1 aromatic heterocycles. The summed E-state index contributed by atoms with van der Waals surface area (Å²) >= 11 is 0. The first-order valence-electron chi connectivity index (χ1n) is 4.49. The van der Waals surface area contributed by atoms with Crippen molar-refractivity contribution in [2.75, 3.05) is 6.54 Å². The topological polar surface area (TPSA) is 60.9 Å². The normalized spacial score (nSPS) is 26.0. The Morgan fingerprint density at radius 3 is 3.08 bits per heavy atom. The van der Waals surface area contributed by atoms with Gasteiger partial charge in [-0.15, -0.1) is 0 Å². The van der Waals surface area contributed by atoms with E-state index >= 15 is 0 Å². The molecule has 0 saturated heterocycles. The molecule has 70 valence electrons. The van der Waals surface area contributed by atoms with Crippen molar-refractivity contribution in [2.24, 2.45) is 17.6 Å². The minimum Gasteiger partial charge on any atom is -0.330 e. The van der Waals surface area contributed by atoms with Gasteiger partial charge in [0.15, 0.2) is 0 Å². The van der Waals surface area contributed by atoms with Crippen molar-refractivity contribution in [3.63, 3.8) is 0 Å². The van der Waals surface area contributed by atoms with Gasteiger partial charge in [0, 0.05) is 12.1 Å². The third-order valence-electron chi connectivity index (χ3n) is 2.49. The van der Waals surface area contributed by atoms with E-state index in [1.165, 1.54) is 4.68 Å². The van der Waals surface area contributed by atoms with Crippen molar-refractivity contribution in [1.29, 1.82) is 0 Å². The summed E-state index contributed by atoms with van der Waals surface area (Å²) in [5.74, 6) is 0.588. The number of aromatic nitrogens is 2. The molecule has 4 heteroatoms. The highest BCUT2D eigenvalue weighted by molar-refractivity contribution is 5.83. The lowest BCUT2D eigenvalue weighted by molar-refractivity contribution is 0.0863. The molecule has 1 aliphatic rings. The van der Waals surface area contributed by atoms with Crippen LogP contribution in [0.5, 0.6) is 0 Å². The van der Waals surface area contributed by atoms with Gasteiger partial charge in [-0.05, 0) is 31.9 Å². The zero-order valence-corrected chi connectivity index (χ0v) is 7.60. The van der Waals surface area contributed by atoms with E-state index in [1.807, 2.05) is 13.0 Å². The first-order valence-corrected chi connectivity index (χ1v) is 4.49. The Bertz CT molecular complexity index is 331. The molecule has 0 bridgehead atoms. The Kier molecular flexibility index (Phi) is 1.92. The fraction of sp³-hybridized carbons (Fsp3) is 0.556. The second-order valence-corrected chi connectivity index (χ2v) is 3.58. The molecule has 2 atom stereocenters. The maximum Gasteiger partial charge on any atom is 0.250 e. The minimum atomic E-state index is 0.0866. The number of aryl methyl sites for hydroxylation is 1. The molecule has 1 aromatic rings. The zero-order chi connectivity index (χ0) is 9.42. The van der Waals surface area contributed by atoms with Crippen molar-refractivity contribution in [3.05, 3.63) is 18.0 Å². The molecular weight excluding hydrogens is 166 g/mol. The number of hydrogen-bond donors (Lipinski definition) is 1. The van der Waals surface area contributed by atoms with Crippen molar-refractivity contribution in [1.82, 2.24) is 9.78 Å². The molecule has 0 aromatic carbocycles. The minimum absolute atomic E-state index is 0.0866. The average molecular weight is 179 g/mol. The summed E-state index contributed by atoms with van der Waals surface area (Å²) in [7, 11) is 0. The van der Waals surface area contributed by atoms with Crippen LogP contribution in [-0.2, 0) is 0 Å². The highest BCUT2D eigenvalue weighted by Crippen LogP contribution is 2.38. The van der Waals surface area contributed by atoms with Gasteiger partial charge in [-0.2, -0.15) is 5.10 Å². The fourth-order valence-electron chi connectivity index (χ4n) is 1.52. The van der Waals surface area contributed by atoms with Crippen LogP contribution in [0.25, 0.3) is 0 Å². The maximum absolute atomic E-state index is 11.6. The van der Waals surface area contributed by atoms with Crippen LogP contribution in [0.3, 0.4) is 0 Å². The highest BCUT2D eigenvalue weighted by atomic mass is 16.2. The second-order valence-electron chi connectivity index (χ2n) is 3.58.